The van der Waals surface area contributed by atoms with E-state index in [1.807, 2.05) is 25.1 Å². The van der Waals surface area contributed by atoms with Crippen LogP contribution >= 0.6 is 0 Å². The summed E-state index contributed by atoms with van der Waals surface area (Å²) in [6, 6.07) is 10.5. The molecular formula is C12H10O3. The van der Waals surface area contributed by atoms with Crippen LogP contribution in [-0.2, 0) is 0 Å². The fourth-order valence-corrected chi connectivity index (χ4v) is 1.22. The summed E-state index contributed by atoms with van der Waals surface area (Å²) in [4.78, 5) is 11.5. The first-order valence-electron chi connectivity index (χ1n) is 4.58. The molecule has 3 nitrogen and oxygen atoms in total. The van der Waals surface area contributed by atoms with Crippen molar-refractivity contribution >= 4 is 5.97 Å². The second-order valence-electron chi connectivity index (χ2n) is 3.13. The molecule has 0 unspecified atom stereocenters. The van der Waals surface area contributed by atoms with E-state index in [-0.39, 0.29) is 5.76 Å². The fourth-order valence-electron chi connectivity index (χ4n) is 1.22. The number of furan rings is 1. The number of carbonyl (C=O) groups excluding carboxylic acids is 1. The van der Waals surface area contributed by atoms with Gasteiger partial charge in [-0.3, -0.25) is 0 Å². The summed E-state index contributed by atoms with van der Waals surface area (Å²) in [7, 11) is 0. The van der Waals surface area contributed by atoms with E-state index in [9.17, 15) is 4.79 Å². The molecule has 3 heteroatoms. The van der Waals surface area contributed by atoms with E-state index in [0.29, 0.717) is 5.75 Å². The van der Waals surface area contributed by atoms with E-state index in [1.54, 1.807) is 18.2 Å². The van der Waals surface area contributed by atoms with Gasteiger partial charge in [0.25, 0.3) is 0 Å². The molecule has 0 amide bonds. The summed E-state index contributed by atoms with van der Waals surface area (Å²) >= 11 is 0. The Kier molecular flexibility index (Phi) is 2.54. The number of para-hydroxylation sites is 1. The zero-order valence-electron chi connectivity index (χ0n) is 8.27. The van der Waals surface area contributed by atoms with Crippen LogP contribution in [0.2, 0.25) is 0 Å². The average Bonchev–Trinajstić information content (AvgIpc) is 2.74. The van der Waals surface area contributed by atoms with E-state index in [2.05, 4.69) is 0 Å². The molecule has 0 saturated carbocycles. The van der Waals surface area contributed by atoms with Gasteiger partial charge in [-0.1, -0.05) is 18.2 Å². The molecule has 0 spiro atoms. The van der Waals surface area contributed by atoms with Gasteiger partial charge < -0.3 is 9.15 Å². The molecule has 0 atom stereocenters. The van der Waals surface area contributed by atoms with Gasteiger partial charge in [-0.25, -0.2) is 4.79 Å². The van der Waals surface area contributed by atoms with Gasteiger partial charge in [0.2, 0.25) is 5.76 Å². The third-order valence-electron chi connectivity index (χ3n) is 2.02. The zero-order valence-corrected chi connectivity index (χ0v) is 8.27. The topological polar surface area (TPSA) is 39.4 Å². The Bertz CT molecular complexity index is 457. The third-order valence-corrected chi connectivity index (χ3v) is 2.02. The highest BCUT2D eigenvalue weighted by molar-refractivity contribution is 5.88. The molecule has 0 bridgehead atoms. The van der Waals surface area contributed by atoms with Crippen LogP contribution in [-0.4, -0.2) is 5.97 Å². The number of carbonyl (C=O) groups is 1. The van der Waals surface area contributed by atoms with Crippen molar-refractivity contribution in [1.29, 1.82) is 0 Å². The van der Waals surface area contributed by atoms with Gasteiger partial charge in [0.15, 0.2) is 0 Å². The molecular weight excluding hydrogens is 192 g/mol. The largest absolute Gasteiger partial charge is 0.457 e. The lowest BCUT2D eigenvalue weighted by atomic mass is 10.2. The minimum Gasteiger partial charge on any atom is -0.457 e. The van der Waals surface area contributed by atoms with Crippen molar-refractivity contribution in [2.75, 3.05) is 0 Å². The number of hydrogen-bond donors (Lipinski definition) is 0. The first-order valence-corrected chi connectivity index (χ1v) is 4.58. The summed E-state index contributed by atoms with van der Waals surface area (Å²) in [5.41, 5.74) is 0.914. The van der Waals surface area contributed by atoms with Crippen LogP contribution in [0.1, 0.15) is 16.1 Å². The summed E-state index contributed by atoms with van der Waals surface area (Å²) < 4.78 is 10.1. The second kappa shape index (κ2) is 4.00. The predicted molar refractivity (Wildman–Crippen MR) is 54.8 cm³/mol. The first-order chi connectivity index (χ1) is 7.27. The molecule has 0 fully saturated rings. The van der Waals surface area contributed by atoms with Crippen LogP contribution in [0.3, 0.4) is 0 Å². The van der Waals surface area contributed by atoms with Gasteiger partial charge in [-0.05, 0) is 30.7 Å². The molecule has 2 rings (SSSR count). The highest BCUT2D eigenvalue weighted by Crippen LogP contribution is 2.17. The van der Waals surface area contributed by atoms with Crippen molar-refractivity contribution in [2.24, 2.45) is 0 Å². The van der Waals surface area contributed by atoms with Crippen LogP contribution in [0.4, 0.5) is 0 Å². The summed E-state index contributed by atoms with van der Waals surface area (Å²) in [6.07, 6.45) is 1.44. The highest BCUT2D eigenvalue weighted by atomic mass is 16.5. The molecule has 15 heavy (non-hydrogen) atoms. The van der Waals surface area contributed by atoms with Crippen molar-refractivity contribution in [3.05, 3.63) is 54.0 Å². The van der Waals surface area contributed by atoms with Crippen LogP contribution in [0.5, 0.6) is 5.75 Å². The second-order valence-corrected chi connectivity index (χ2v) is 3.13. The Hall–Kier alpha value is -2.03. The predicted octanol–water partition coefficient (Wildman–Crippen LogP) is 2.81. The number of aryl methyl sites for hydroxylation is 1. The van der Waals surface area contributed by atoms with Gasteiger partial charge in [0.05, 0.1) is 6.26 Å². The molecule has 0 radical (unpaired) electrons. The molecule has 2 aromatic rings. The van der Waals surface area contributed by atoms with Gasteiger partial charge in [-0.15, -0.1) is 0 Å². The highest BCUT2D eigenvalue weighted by Gasteiger charge is 2.11. The van der Waals surface area contributed by atoms with Crippen molar-refractivity contribution < 1.29 is 13.9 Å². The van der Waals surface area contributed by atoms with E-state index in [0.717, 1.165) is 5.56 Å². The fraction of sp³-hybridized carbons (Fsp3) is 0.0833. The third kappa shape index (κ3) is 2.07. The van der Waals surface area contributed by atoms with Crippen LogP contribution in [0, 0.1) is 6.92 Å². The first kappa shape index (κ1) is 9.52. The average molecular weight is 202 g/mol. The Morgan fingerprint density at radius 3 is 2.67 bits per heavy atom. The number of ether oxygens (including phenoxy) is 1. The smallest absolute Gasteiger partial charge is 0.379 e. The van der Waals surface area contributed by atoms with Gasteiger partial charge in [0, 0.05) is 0 Å². The summed E-state index contributed by atoms with van der Waals surface area (Å²) in [5, 5.41) is 0. The van der Waals surface area contributed by atoms with Crippen LogP contribution in [0.25, 0.3) is 0 Å². The molecule has 1 aromatic carbocycles. The van der Waals surface area contributed by atoms with Crippen LogP contribution in [0.15, 0.2) is 47.1 Å². The van der Waals surface area contributed by atoms with Crippen molar-refractivity contribution in [2.45, 2.75) is 6.92 Å². The Morgan fingerprint density at radius 2 is 2.00 bits per heavy atom. The maximum absolute atomic E-state index is 11.5. The van der Waals surface area contributed by atoms with Crippen molar-refractivity contribution in [1.82, 2.24) is 0 Å². The minimum absolute atomic E-state index is 0.207. The van der Waals surface area contributed by atoms with E-state index >= 15 is 0 Å². The molecule has 76 valence electrons. The SMILES string of the molecule is Cc1ccccc1OC(=O)c1ccco1. The zero-order chi connectivity index (χ0) is 10.7. The van der Waals surface area contributed by atoms with Gasteiger partial charge in [0.1, 0.15) is 5.75 Å². The lowest BCUT2D eigenvalue weighted by Crippen LogP contribution is -2.07. The molecule has 1 heterocycles. The quantitative estimate of drug-likeness (QED) is 0.555. The lowest BCUT2D eigenvalue weighted by Gasteiger charge is -2.04. The number of benzene rings is 1. The van der Waals surface area contributed by atoms with Crippen LogP contribution < -0.4 is 4.74 Å². The Labute approximate surface area is 87.3 Å². The number of rotatable bonds is 2. The maximum atomic E-state index is 11.5. The van der Waals surface area contributed by atoms with Crippen molar-refractivity contribution in [3.8, 4) is 5.75 Å². The van der Waals surface area contributed by atoms with E-state index < -0.39 is 5.97 Å². The standard InChI is InChI=1S/C12H10O3/c1-9-5-2-3-6-10(9)15-12(13)11-7-4-8-14-11/h2-8H,1H3. The lowest BCUT2D eigenvalue weighted by molar-refractivity contribution is 0.0700. The van der Waals surface area contributed by atoms with Gasteiger partial charge in [-0.2, -0.15) is 0 Å². The number of hydrogen-bond acceptors (Lipinski definition) is 3. The molecule has 0 aliphatic rings. The Morgan fingerprint density at radius 1 is 1.20 bits per heavy atom. The monoisotopic (exact) mass is 202 g/mol. The maximum Gasteiger partial charge on any atom is 0.379 e. The van der Waals surface area contributed by atoms with E-state index in [4.69, 9.17) is 9.15 Å². The summed E-state index contributed by atoms with van der Waals surface area (Å²) in [6.45, 7) is 1.88. The summed E-state index contributed by atoms with van der Waals surface area (Å²) in [5.74, 6) is 0.284. The molecule has 0 aliphatic carbocycles. The molecule has 0 aliphatic heterocycles. The normalized spacial score (nSPS) is 9.93. The molecule has 0 saturated heterocycles. The molecule has 1 aromatic heterocycles. The number of esters is 1. The van der Waals surface area contributed by atoms with E-state index in [1.165, 1.54) is 6.26 Å². The minimum atomic E-state index is -0.477. The van der Waals surface area contributed by atoms with Gasteiger partial charge >= 0.3 is 5.97 Å². The van der Waals surface area contributed by atoms with Crippen molar-refractivity contribution in [3.63, 3.8) is 0 Å². The Balaban J connectivity index is 2.17. The molecule has 0 N–H and O–H groups in total.